The number of carbonyl (C=O) groups is 2. The number of urea groups is 1. The molecule has 7 nitrogen and oxygen atoms in total. The molecule has 156 valence electrons. The lowest BCUT2D eigenvalue weighted by atomic mass is 10.3. The highest BCUT2D eigenvalue weighted by Gasteiger charge is 2.23. The standard InChI is InChI=1S/C19H22Cl2N4O3S/c1-28-9-8-25(19(27)22-13-4-5-14(20)15(21)10-13)11-17-23-16(12-29-17)18(26)24-6-2-3-7-24/h4-5,10,12H,2-3,6-9,11H2,1H3,(H,22,27). The van der Waals surface area contributed by atoms with E-state index in [-0.39, 0.29) is 18.5 Å². The van der Waals surface area contributed by atoms with E-state index in [1.165, 1.54) is 11.3 Å². The minimum absolute atomic E-state index is 0.0475. The third-order valence-electron chi connectivity index (χ3n) is 4.51. The van der Waals surface area contributed by atoms with Gasteiger partial charge in [-0.05, 0) is 31.0 Å². The molecule has 3 amide bonds. The molecule has 1 aliphatic heterocycles. The fraction of sp³-hybridized carbons (Fsp3) is 0.421. The third-order valence-corrected chi connectivity index (χ3v) is 6.09. The van der Waals surface area contributed by atoms with Crippen LogP contribution < -0.4 is 5.32 Å². The number of nitrogens with one attached hydrogen (secondary N) is 1. The summed E-state index contributed by atoms with van der Waals surface area (Å²) in [7, 11) is 1.57. The second-order valence-electron chi connectivity index (χ2n) is 6.60. The van der Waals surface area contributed by atoms with Crippen LogP contribution in [0.15, 0.2) is 23.6 Å². The maximum atomic E-state index is 12.8. The Balaban J connectivity index is 1.67. The number of anilines is 1. The number of ether oxygens (including phenoxy) is 1. The summed E-state index contributed by atoms with van der Waals surface area (Å²) in [5.74, 6) is -0.0475. The van der Waals surface area contributed by atoms with Crippen LogP contribution in [0.4, 0.5) is 10.5 Å². The van der Waals surface area contributed by atoms with Gasteiger partial charge in [-0.1, -0.05) is 23.2 Å². The quantitative estimate of drug-likeness (QED) is 0.670. The third kappa shape index (κ3) is 5.82. The van der Waals surface area contributed by atoms with E-state index in [4.69, 9.17) is 27.9 Å². The summed E-state index contributed by atoms with van der Waals surface area (Å²) in [4.78, 5) is 33.1. The van der Waals surface area contributed by atoms with Gasteiger partial charge in [-0.15, -0.1) is 11.3 Å². The number of methoxy groups -OCH3 is 1. The zero-order valence-corrected chi connectivity index (χ0v) is 18.3. The molecule has 3 rings (SSSR count). The summed E-state index contributed by atoms with van der Waals surface area (Å²) in [5, 5.41) is 6.02. The number of carbonyl (C=O) groups excluding carboxylic acids is 2. The zero-order chi connectivity index (χ0) is 20.8. The van der Waals surface area contributed by atoms with Crippen molar-refractivity contribution in [1.82, 2.24) is 14.8 Å². The number of nitrogens with zero attached hydrogens (tertiary/aromatic N) is 3. The van der Waals surface area contributed by atoms with Crippen LogP contribution in [0.3, 0.4) is 0 Å². The predicted octanol–water partition coefficient (Wildman–Crippen LogP) is 4.37. The molecule has 1 fully saturated rings. The van der Waals surface area contributed by atoms with Gasteiger partial charge in [-0.3, -0.25) is 4.79 Å². The van der Waals surface area contributed by atoms with Gasteiger partial charge in [-0.2, -0.15) is 0 Å². The molecule has 1 aliphatic rings. The molecule has 0 atom stereocenters. The van der Waals surface area contributed by atoms with E-state index in [2.05, 4.69) is 10.3 Å². The van der Waals surface area contributed by atoms with Crippen molar-refractivity contribution in [2.24, 2.45) is 0 Å². The second kappa shape index (κ2) is 10.2. The largest absolute Gasteiger partial charge is 0.383 e. The highest BCUT2D eigenvalue weighted by atomic mass is 35.5. The molecule has 10 heteroatoms. The normalized spacial score (nSPS) is 13.6. The first-order valence-electron chi connectivity index (χ1n) is 9.21. The van der Waals surface area contributed by atoms with Crippen molar-refractivity contribution in [3.8, 4) is 0 Å². The lowest BCUT2D eigenvalue weighted by molar-refractivity contribution is 0.0787. The Bertz CT molecular complexity index is 871. The van der Waals surface area contributed by atoms with Gasteiger partial charge >= 0.3 is 6.03 Å². The minimum Gasteiger partial charge on any atom is -0.383 e. The summed E-state index contributed by atoms with van der Waals surface area (Å²) in [6, 6.07) is 4.57. The van der Waals surface area contributed by atoms with E-state index in [0.717, 1.165) is 25.9 Å². The van der Waals surface area contributed by atoms with Crippen molar-refractivity contribution >= 4 is 52.2 Å². The molecular weight excluding hydrogens is 435 g/mol. The predicted molar refractivity (Wildman–Crippen MR) is 115 cm³/mol. The topological polar surface area (TPSA) is 74.8 Å². The molecule has 0 radical (unpaired) electrons. The molecule has 0 aliphatic carbocycles. The summed E-state index contributed by atoms with van der Waals surface area (Å²) in [6.45, 7) is 2.57. The maximum Gasteiger partial charge on any atom is 0.322 e. The molecule has 1 aromatic carbocycles. The monoisotopic (exact) mass is 456 g/mol. The average Bonchev–Trinajstić information content (AvgIpc) is 3.39. The summed E-state index contributed by atoms with van der Waals surface area (Å²) >= 11 is 13.3. The summed E-state index contributed by atoms with van der Waals surface area (Å²) in [5.41, 5.74) is 0.972. The van der Waals surface area contributed by atoms with Gasteiger partial charge in [0.25, 0.3) is 5.91 Å². The molecular formula is C19H22Cl2N4O3S. The Hall–Kier alpha value is -1.87. The number of rotatable bonds is 7. The van der Waals surface area contributed by atoms with Crippen LogP contribution in [0, 0.1) is 0 Å². The van der Waals surface area contributed by atoms with E-state index in [9.17, 15) is 9.59 Å². The Labute approximate surface area is 183 Å². The first-order valence-corrected chi connectivity index (χ1v) is 10.8. The number of amides is 3. The van der Waals surface area contributed by atoms with Crippen molar-refractivity contribution in [2.45, 2.75) is 19.4 Å². The van der Waals surface area contributed by atoms with Gasteiger partial charge in [0.05, 0.1) is 23.2 Å². The molecule has 1 aromatic heterocycles. The fourth-order valence-electron chi connectivity index (χ4n) is 2.96. The van der Waals surface area contributed by atoms with Gasteiger partial charge in [0.2, 0.25) is 0 Å². The van der Waals surface area contributed by atoms with Gasteiger partial charge in [0, 0.05) is 37.8 Å². The molecule has 2 heterocycles. The number of thiazole rings is 1. The SMILES string of the molecule is COCCN(Cc1nc(C(=O)N2CCCC2)cs1)C(=O)Nc1ccc(Cl)c(Cl)c1. The smallest absolute Gasteiger partial charge is 0.322 e. The van der Waals surface area contributed by atoms with E-state index >= 15 is 0 Å². The minimum atomic E-state index is -0.317. The Morgan fingerprint density at radius 1 is 1.28 bits per heavy atom. The summed E-state index contributed by atoms with van der Waals surface area (Å²) < 4.78 is 5.12. The van der Waals surface area contributed by atoms with E-state index < -0.39 is 0 Å². The molecule has 0 saturated carbocycles. The van der Waals surface area contributed by atoms with Crippen LogP contribution in [0.5, 0.6) is 0 Å². The molecule has 0 unspecified atom stereocenters. The van der Waals surface area contributed by atoms with Crippen molar-refractivity contribution in [1.29, 1.82) is 0 Å². The zero-order valence-electron chi connectivity index (χ0n) is 16.0. The van der Waals surface area contributed by atoms with Crippen LogP contribution in [-0.2, 0) is 11.3 Å². The van der Waals surface area contributed by atoms with Gasteiger partial charge in [0.1, 0.15) is 10.7 Å². The molecule has 1 N–H and O–H groups in total. The van der Waals surface area contributed by atoms with Crippen molar-refractivity contribution < 1.29 is 14.3 Å². The molecule has 1 saturated heterocycles. The maximum absolute atomic E-state index is 12.8. The molecule has 2 aromatic rings. The lowest BCUT2D eigenvalue weighted by Crippen LogP contribution is -2.37. The van der Waals surface area contributed by atoms with Gasteiger partial charge in [0.15, 0.2) is 0 Å². The Morgan fingerprint density at radius 3 is 2.72 bits per heavy atom. The molecule has 0 spiro atoms. The second-order valence-corrected chi connectivity index (χ2v) is 8.36. The lowest BCUT2D eigenvalue weighted by Gasteiger charge is -2.22. The summed E-state index contributed by atoms with van der Waals surface area (Å²) in [6.07, 6.45) is 2.06. The number of likely N-dealkylation sites (tertiary alicyclic amines) is 1. The molecule has 29 heavy (non-hydrogen) atoms. The van der Waals surface area contributed by atoms with Crippen LogP contribution >= 0.6 is 34.5 Å². The van der Waals surface area contributed by atoms with Crippen molar-refractivity contribution in [3.63, 3.8) is 0 Å². The Kier molecular flexibility index (Phi) is 7.71. The first-order chi connectivity index (χ1) is 14.0. The number of benzene rings is 1. The highest BCUT2D eigenvalue weighted by Crippen LogP contribution is 2.25. The first kappa shape index (κ1) is 21.8. The van der Waals surface area contributed by atoms with E-state index in [1.807, 2.05) is 4.90 Å². The van der Waals surface area contributed by atoms with Crippen LogP contribution in [0.1, 0.15) is 28.3 Å². The average molecular weight is 457 g/mol. The number of hydrogen-bond acceptors (Lipinski definition) is 5. The fourth-order valence-corrected chi connectivity index (χ4v) is 4.04. The van der Waals surface area contributed by atoms with Crippen LogP contribution in [-0.4, -0.2) is 60.1 Å². The number of halogens is 2. The molecule has 0 bridgehead atoms. The van der Waals surface area contributed by atoms with E-state index in [0.29, 0.717) is 39.6 Å². The van der Waals surface area contributed by atoms with Crippen molar-refractivity contribution in [3.05, 3.63) is 44.3 Å². The number of hydrogen-bond donors (Lipinski definition) is 1. The van der Waals surface area contributed by atoms with Crippen LogP contribution in [0.25, 0.3) is 0 Å². The highest BCUT2D eigenvalue weighted by molar-refractivity contribution is 7.09. The van der Waals surface area contributed by atoms with Gasteiger partial charge < -0.3 is 19.9 Å². The number of aromatic nitrogens is 1. The van der Waals surface area contributed by atoms with Crippen LogP contribution in [0.2, 0.25) is 10.0 Å². The van der Waals surface area contributed by atoms with Crippen molar-refractivity contribution in [2.75, 3.05) is 38.7 Å². The van der Waals surface area contributed by atoms with Gasteiger partial charge in [-0.25, -0.2) is 9.78 Å². The Morgan fingerprint density at radius 2 is 2.03 bits per heavy atom. The van der Waals surface area contributed by atoms with E-state index in [1.54, 1.807) is 35.6 Å².